The molecule has 0 saturated carbocycles. The summed E-state index contributed by atoms with van der Waals surface area (Å²) in [6, 6.07) is 6.09. The molecule has 1 amide bonds. The molecule has 0 spiro atoms. The number of carbonyl (C=O) groups is 1. The molecular weight excluding hydrogens is 438 g/mol. The maximum absolute atomic E-state index is 12.7. The van der Waals surface area contributed by atoms with Crippen LogP contribution in [-0.2, 0) is 21.5 Å². The Kier molecular flexibility index (Phi) is 5.95. The molecule has 1 aliphatic heterocycles. The monoisotopic (exact) mass is 461 g/mol. The second-order valence-corrected chi connectivity index (χ2v) is 9.46. The zero-order valence-electron chi connectivity index (χ0n) is 17.2. The fraction of sp³-hybridized carbons (Fsp3) is 0.368. The minimum atomic E-state index is -3.71. The average molecular weight is 462 g/mol. The van der Waals surface area contributed by atoms with Crippen LogP contribution in [0.3, 0.4) is 0 Å². The number of aromatic nitrogens is 4. The molecular formula is C19H23N7O5S. The molecule has 1 aromatic carbocycles. The second-order valence-electron chi connectivity index (χ2n) is 7.74. The molecule has 2 unspecified atom stereocenters. The summed E-state index contributed by atoms with van der Waals surface area (Å²) < 4.78 is 29.4. The molecule has 3 heterocycles. The average Bonchev–Trinajstić information content (AvgIpc) is 3.15. The van der Waals surface area contributed by atoms with Gasteiger partial charge in [-0.05, 0) is 25.5 Å². The highest BCUT2D eigenvalue weighted by Crippen LogP contribution is 2.16. The maximum atomic E-state index is 12.7. The van der Waals surface area contributed by atoms with Gasteiger partial charge in [0.25, 0.3) is 5.56 Å². The Hall–Kier alpha value is -3.29. The number of rotatable bonds is 6. The molecule has 3 aromatic rings. The van der Waals surface area contributed by atoms with Crippen molar-refractivity contribution in [2.24, 2.45) is 5.92 Å². The first kappa shape index (κ1) is 21.9. The van der Waals surface area contributed by atoms with Crippen molar-refractivity contribution in [3.8, 4) is 0 Å². The van der Waals surface area contributed by atoms with E-state index in [0.717, 1.165) is 5.56 Å². The summed E-state index contributed by atoms with van der Waals surface area (Å²) in [6.07, 6.45) is 1.67. The first-order valence-electron chi connectivity index (χ1n) is 9.98. The summed E-state index contributed by atoms with van der Waals surface area (Å²) in [5.41, 5.74) is -0.0718. The summed E-state index contributed by atoms with van der Waals surface area (Å²) in [5.74, 6) is -0.752. The standard InChI is InChI=1S/C19H23N7O5S/c1-11-2-4-14(5-3-11)32(30,31)25-13-6-12(7-20-8-13)17(27)22-10-26-9-21-15-16(26)23-19(29)24-18(15)28/h2-5,9,12-13,20,25H,6-8,10H2,1H3,(H,22,27)(H2,23,24,28,29). The van der Waals surface area contributed by atoms with Crippen LogP contribution in [0.25, 0.3) is 11.2 Å². The van der Waals surface area contributed by atoms with Gasteiger partial charge in [-0.25, -0.2) is 22.9 Å². The molecule has 5 N–H and O–H groups in total. The van der Waals surface area contributed by atoms with Gasteiger partial charge in [0, 0.05) is 19.1 Å². The molecule has 32 heavy (non-hydrogen) atoms. The Morgan fingerprint density at radius 2 is 1.94 bits per heavy atom. The van der Waals surface area contributed by atoms with Crippen molar-refractivity contribution >= 4 is 27.1 Å². The van der Waals surface area contributed by atoms with Crippen LogP contribution in [0.5, 0.6) is 0 Å². The van der Waals surface area contributed by atoms with E-state index in [1.807, 2.05) is 6.92 Å². The number of H-pyrrole nitrogens is 2. The van der Waals surface area contributed by atoms with E-state index in [1.54, 1.807) is 24.3 Å². The molecule has 12 nitrogen and oxygen atoms in total. The number of nitrogens with one attached hydrogen (secondary N) is 5. The first-order valence-corrected chi connectivity index (χ1v) is 11.5. The fourth-order valence-electron chi connectivity index (χ4n) is 3.64. The largest absolute Gasteiger partial charge is 0.338 e. The summed E-state index contributed by atoms with van der Waals surface area (Å²) >= 11 is 0. The number of imidazole rings is 1. The predicted octanol–water partition coefficient (Wildman–Crippen LogP) is -1.25. The molecule has 0 aliphatic carbocycles. The van der Waals surface area contributed by atoms with Gasteiger partial charge in [0.05, 0.1) is 23.8 Å². The maximum Gasteiger partial charge on any atom is 0.327 e. The zero-order chi connectivity index (χ0) is 22.9. The first-order chi connectivity index (χ1) is 15.2. The third kappa shape index (κ3) is 4.64. The quantitative estimate of drug-likeness (QED) is 0.305. The van der Waals surface area contributed by atoms with Crippen LogP contribution in [0, 0.1) is 12.8 Å². The number of hydrogen-bond acceptors (Lipinski definition) is 7. The smallest absolute Gasteiger partial charge is 0.327 e. The number of fused-ring (bicyclic) bond motifs is 1. The topological polar surface area (TPSA) is 171 Å². The zero-order valence-corrected chi connectivity index (χ0v) is 18.0. The van der Waals surface area contributed by atoms with Gasteiger partial charge in [-0.2, -0.15) is 0 Å². The van der Waals surface area contributed by atoms with E-state index in [4.69, 9.17) is 0 Å². The van der Waals surface area contributed by atoms with Crippen molar-refractivity contribution in [2.75, 3.05) is 13.1 Å². The van der Waals surface area contributed by atoms with Crippen LogP contribution in [0.15, 0.2) is 45.1 Å². The predicted molar refractivity (Wildman–Crippen MR) is 115 cm³/mol. The van der Waals surface area contributed by atoms with E-state index in [9.17, 15) is 22.8 Å². The van der Waals surface area contributed by atoms with Gasteiger partial charge in [-0.15, -0.1) is 0 Å². The summed E-state index contributed by atoms with van der Waals surface area (Å²) in [7, 11) is -3.71. The summed E-state index contributed by atoms with van der Waals surface area (Å²) in [5, 5.41) is 5.83. The fourth-order valence-corrected chi connectivity index (χ4v) is 4.89. The number of piperidine rings is 1. The van der Waals surface area contributed by atoms with Crippen molar-refractivity contribution in [1.29, 1.82) is 0 Å². The molecule has 2 aromatic heterocycles. The SMILES string of the molecule is Cc1ccc(S(=O)(=O)NC2CNCC(C(=O)NCn3cnc4c(=O)[nH]c(=O)[nH]c43)C2)cc1. The lowest BCUT2D eigenvalue weighted by molar-refractivity contribution is -0.126. The Bertz CT molecular complexity index is 1360. The van der Waals surface area contributed by atoms with Crippen LogP contribution in [-0.4, -0.2) is 53.0 Å². The van der Waals surface area contributed by atoms with E-state index in [1.165, 1.54) is 10.9 Å². The van der Waals surface area contributed by atoms with Gasteiger partial charge in [0.15, 0.2) is 5.52 Å². The van der Waals surface area contributed by atoms with Gasteiger partial charge < -0.3 is 10.6 Å². The third-order valence-corrected chi connectivity index (χ3v) is 6.85. The van der Waals surface area contributed by atoms with Gasteiger partial charge in [0.2, 0.25) is 15.9 Å². The minimum absolute atomic E-state index is 0.00894. The van der Waals surface area contributed by atoms with Crippen molar-refractivity contribution in [3.63, 3.8) is 0 Å². The normalized spacial score (nSPS) is 19.2. The second kappa shape index (κ2) is 8.68. The van der Waals surface area contributed by atoms with E-state index in [-0.39, 0.29) is 28.6 Å². The van der Waals surface area contributed by atoms with Crippen molar-refractivity contribution in [1.82, 2.24) is 34.9 Å². The Morgan fingerprint density at radius 1 is 1.19 bits per heavy atom. The number of aryl methyl sites for hydroxylation is 1. The minimum Gasteiger partial charge on any atom is -0.338 e. The number of amides is 1. The number of nitrogens with zero attached hydrogens (tertiary/aromatic N) is 2. The lowest BCUT2D eigenvalue weighted by Gasteiger charge is -2.29. The molecule has 4 rings (SSSR count). The molecule has 0 radical (unpaired) electrons. The van der Waals surface area contributed by atoms with Gasteiger partial charge in [0.1, 0.15) is 5.65 Å². The van der Waals surface area contributed by atoms with E-state index in [0.29, 0.717) is 19.5 Å². The van der Waals surface area contributed by atoms with E-state index in [2.05, 4.69) is 30.3 Å². The molecule has 1 saturated heterocycles. The Labute approximate surface area is 182 Å². The highest BCUT2D eigenvalue weighted by molar-refractivity contribution is 7.89. The molecule has 170 valence electrons. The molecule has 13 heteroatoms. The molecule has 2 atom stereocenters. The molecule has 0 bridgehead atoms. The van der Waals surface area contributed by atoms with Crippen LogP contribution in [0.4, 0.5) is 0 Å². The van der Waals surface area contributed by atoms with Crippen LogP contribution in [0.2, 0.25) is 0 Å². The summed E-state index contributed by atoms with van der Waals surface area (Å²) in [4.78, 5) is 44.6. The van der Waals surface area contributed by atoms with E-state index >= 15 is 0 Å². The Morgan fingerprint density at radius 3 is 2.69 bits per heavy atom. The van der Waals surface area contributed by atoms with E-state index < -0.39 is 33.2 Å². The molecule has 1 aliphatic rings. The van der Waals surface area contributed by atoms with Gasteiger partial charge in [-0.3, -0.25) is 24.1 Å². The summed E-state index contributed by atoms with van der Waals surface area (Å²) in [6.45, 7) is 2.67. The van der Waals surface area contributed by atoms with Crippen molar-refractivity contribution in [2.45, 2.75) is 31.0 Å². The highest BCUT2D eigenvalue weighted by Gasteiger charge is 2.30. The number of benzene rings is 1. The van der Waals surface area contributed by atoms with Crippen molar-refractivity contribution in [3.05, 3.63) is 57.0 Å². The lowest BCUT2D eigenvalue weighted by atomic mass is 9.95. The number of sulfonamides is 1. The Balaban J connectivity index is 1.39. The molecule has 1 fully saturated rings. The lowest BCUT2D eigenvalue weighted by Crippen LogP contribution is -2.52. The third-order valence-electron chi connectivity index (χ3n) is 5.31. The van der Waals surface area contributed by atoms with Crippen LogP contribution in [0.1, 0.15) is 12.0 Å². The number of aromatic amines is 2. The number of hydrogen-bond donors (Lipinski definition) is 5. The number of carbonyl (C=O) groups excluding carboxylic acids is 1. The van der Waals surface area contributed by atoms with Crippen LogP contribution < -0.4 is 26.6 Å². The highest BCUT2D eigenvalue weighted by atomic mass is 32.2. The van der Waals surface area contributed by atoms with Crippen molar-refractivity contribution < 1.29 is 13.2 Å². The van der Waals surface area contributed by atoms with Crippen LogP contribution >= 0.6 is 0 Å². The van der Waals surface area contributed by atoms with Gasteiger partial charge in [-0.1, -0.05) is 17.7 Å². The van der Waals surface area contributed by atoms with Gasteiger partial charge >= 0.3 is 5.69 Å².